The first kappa shape index (κ1) is 9.74. The summed E-state index contributed by atoms with van der Waals surface area (Å²) in [5.74, 6) is -1.01. The fourth-order valence-corrected chi connectivity index (χ4v) is 0.565. The molecule has 0 aromatic heterocycles. The Kier molecular flexibility index (Phi) is 4.11. The smallest absolute Gasteiger partial charge is 1.00 e. The predicted molar refractivity (Wildman–Crippen MR) is 24.0 cm³/mol. The molecule has 1 fully saturated rings. The van der Waals surface area contributed by atoms with Crippen molar-refractivity contribution in [2.24, 2.45) is 0 Å². The van der Waals surface area contributed by atoms with E-state index in [1.165, 1.54) is 0 Å². The van der Waals surface area contributed by atoms with Crippen molar-refractivity contribution >= 4 is 11.8 Å². The molecule has 1 saturated heterocycles. The van der Waals surface area contributed by atoms with E-state index in [1.54, 1.807) is 0 Å². The van der Waals surface area contributed by atoms with E-state index in [0.29, 0.717) is 0 Å². The molecule has 2 amide bonds. The first-order chi connectivity index (χ1) is 3.72. The van der Waals surface area contributed by atoms with Gasteiger partial charge in [-0.3, -0.25) is 14.8 Å². The second kappa shape index (κ2) is 3.80. The number of rotatable bonds is 0. The van der Waals surface area contributed by atoms with Gasteiger partial charge in [0, 0.05) is 12.8 Å². The van der Waals surface area contributed by atoms with Crippen molar-refractivity contribution in [1.29, 1.82) is 0 Å². The number of hydrogen-bond acceptors (Lipinski definition) is 3. The number of amides is 2. The summed E-state index contributed by atoms with van der Waals surface area (Å²) in [4.78, 5) is 20.5. The van der Waals surface area contributed by atoms with Crippen molar-refractivity contribution in [2.45, 2.75) is 12.8 Å². The van der Waals surface area contributed by atoms with Crippen LogP contribution in [0.25, 0.3) is 0 Å². The standard InChI is InChI=1S/C4H5NO3.K.H/c6-3-1-2-4(7)5(3)8;;/h8H,1-2H2;;/q;+1;-1. The Labute approximate surface area is 96.1 Å². The van der Waals surface area contributed by atoms with E-state index >= 15 is 0 Å². The fourth-order valence-electron chi connectivity index (χ4n) is 0.565. The molecule has 4 nitrogen and oxygen atoms in total. The zero-order valence-corrected chi connectivity index (χ0v) is 8.25. The number of hydroxylamine groups is 2. The van der Waals surface area contributed by atoms with E-state index in [4.69, 9.17) is 5.21 Å². The van der Waals surface area contributed by atoms with E-state index in [0.717, 1.165) is 0 Å². The molecule has 5 heteroatoms. The molecule has 1 aliphatic heterocycles. The van der Waals surface area contributed by atoms with Gasteiger partial charge in [0.2, 0.25) is 0 Å². The van der Waals surface area contributed by atoms with Crippen molar-refractivity contribution in [1.82, 2.24) is 5.06 Å². The van der Waals surface area contributed by atoms with Crippen LogP contribution in [0, 0.1) is 0 Å². The van der Waals surface area contributed by atoms with Crippen LogP contribution in [0.5, 0.6) is 0 Å². The first-order valence-electron chi connectivity index (χ1n) is 2.26. The Morgan fingerprint density at radius 1 is 1.33 bits per heavy atom. The third kappa shape index (κ3) is 2.10. The second-order valence-corrected chi connectivity index (χ2v) is 1.60. The summed E-state index contributed by atoms with van der Waals surface area (Å²) in [6, 6.07) is 0. The average molecular weight is 155 g/mol. The van der Waals surface area contributed by atoms with Gasteiger partial charge in [0.25, 0.3) is 11.8 Å². The number of carbonyl (C=O) groups excluding carboxylic acids is 2. The molecule has 46 valence electrons. The van der Waals surface area contributed by atoms with Gasteiger partial charge in [-0.25, -0.2) is 0 Å². The van der Waals surface area contributed by atoms with Crippen LogP contribution in [0.2, 0.25) is 0 Å². The Morgan fingerprint density at radius 3 is 1.78 bits per heavy atom. The largest absolute Gasteiger partial charge is 1.00 e. The van der Waals surface area contributed by atoms with Crippen molar-refractivity contribution < 1.29 is 67.6 Å². The first-order valence-corrected chi connectivity index (χ1v) is 2.26. The molecule has 1 heterocycles. The maximum Gasteiger partial charge on any atom is 1.00 e. The average Bonchev–Trinajstić information content (AvgIpc) is 1.98. The van der Waals surface area contributed by atoms with Crippen LogP contribution in [0.1, 0.15) is 14.3 Å². The second-order valence-electron chi connectivity index (χ2n) is 1.60. The monoisotopic (exact) mass is 155 g/mol. The number of nitrogens with zero attached hydrogens (tertiary/aromatic N) is 1. The fraction of sp³-hybridized carbons (Fsp3) is 0.500. The van der Waals surface area contributed by atoms with Crippen LogP contribution in [0.4, 0.5) is 0 Å². The molecule has 9 heavy (non-hydrogen) atoms. The predicted octanol–water partition coefficient (Wildman–Crippen LogP) is -3.36. The minimum atomic E-state index is -0.505. The Bertz CT molecular complexity index is 135. The molecule has 0 aliphatic carbocycles. The van der Waals surface area contributed by atoms with Gasteiger partial charge >= 0.3 is 51.4 Å². The van der Waals surface area contributed by atoms with Gasteiger partial charge in [-0.2, -0.15) is 5.06 Å². The molecule has 0 saturated carbocycles. The van der Waals surface area contributed by atoms with E-state index in [1.807, 2.05) is 0 Å². The van der Waals surface area contributed by atoms with Crippen LogP contribution in [0.15, 0.2) is 0 Å². The van der Waals surface area contributed by atoms with E-state index in [9.17, 15) is 9.59 Å². The Morgan fingerprint density at radius 2 is 1.67 bits per heavy atom. The SMILES string of the molecule is O=C1CCC(=O)N1O.[H-].[K+]. The van der Waals surface area contributed by atoms with E-state index in [2.05, 4.69) is 0 Å². The summed E-state index contributed by atoms with van der Waals surface area (Å²) in [7, 11) is 0. The van der Waals surface area contributed by atoms with E-state index in [-0.39, 0.29) is 70.7 Å². The van der Waals surface area contributed by atoms with Gasteiger partial charge in [-0.15, -0.1) is 0 Å². The molecule has 0 aromatic rings. The van der Waals surface area contributed by atoms with Crippen LogP contribution in [0.3, 0.4) is 0 Å². The van der Waals surface area contributed by atoms with E-state index < -0.39 is 11.8 Å². The topological polar surface area (TPSA) is 57.6 Å². The third-order valence-corrected chi connectivity index (χ3v) is 1.03. The molecule has 1 rings (SSSR count). The molecule has 0 spiro atoms. The number of hydrogen-bond donors (Lipinski definition) is 1. The van der Waals surface area contributed by atoms with Crippen LogP contribution >= 0.6 is 0 Å². The van der Waals surface area contributed by atoms with Gasteiger partial charge in [0.05, 0.1) is 0 Å². The van der Waals surface area contributed by atoms with Gasteiger partial charge in [-0.05, 0) is 0 Å². The van der Waals surface area contributed by atoms with Crippen LogP contribution < -0.4 is 51.4 Å². The van der Waals surface area contributed by atoms with Crippen LogP contribution in [-0.4, -0.2) is 22.1 Å². The van der Waals surface area contributed by atoms with Gasteiger partial charge < -0.3 is 1.43 Å². The number of carbonyl (C=O) groups is 2. The summed E-state index contributed by atoms with van der Waals surface area (Å²) in [6.45, 7) is 0. The van der Waals surface area contributed by atoms with Crippen molar-refractivity contribution in [2.75, 3.05) is 0 Å². The molecule has 1 aliphatic rings. The third-order valence-electron chi connectivity index (χ3n) is 1.03. The summed E-state index contributed by atoms with van der Waals surface area (Å²) in [6.07, 6.45) is 0.296. The molecular formula is C4H6KNO3. The van der Waals surface area contributed by atoms with Crippen LogP contribution in [-0.2, 0) is 9.59 Å². The maximum atomic E-state index is 10.2. The summed E-state index contributed by atoms with van der Waals surface area (Å²) in [5.41, 5.74) is 0. The molecule has 0 aromatic carbocycles. The minimum Gasteiger partial charge on any atom is -1.00 e. The molecule has 0 unspecified atom stereocenters. The summed E-state index contributed by atoms with van der Waals surface area (Å²) < 4.78 is 0. The zero-order chi connectivity index (χ0) is 6.15. The molecular weight excluding hydrogens is 149 g/mol. The Balaban J connectivity index is 0. The van der Waals surface area contributed by atoms with Gasteiger partial charge in [0.1, 0.15) is 0 Å². The molecule has 1 N–H and O–H groups in total. The van der Waals surface area contributed by atoms with Gasteiger partial charge in [0.15, 0.2) is 0 Å². The van der Waals surface area contributed by atoms with Crippen molar-refractivity contribution in [3.63, 3.8) is 0 Å². The quantitative estimate of drug-likeness (QED) is 0.226. The Hall–Kier alpha value is 0.736. The zero-order valence-electron chi connectivity index (χ0n) is 6.13. The summed E-state index contributed by atoms with van der Waals surface area (Å²) in [5, 5.41) is 8.57. The minimum absolute atomic E-state index is 0. The maximum absolute atomic E-state index is 10.2. The van der Waals surface area contributed by atoms with Crippen molar-refractivity contribution in [3.8, 4) is 0 Å². The normalized spacial score (nSPS) is 18.1. The van der Waals surface area contributed by atoms with Gasteiger partial charge in [-0.1, -0.05) is 0 Å². The molecule has 0 bridgehead atoms. The summed E-state index contributed by atoms with van der Waals surface area (Å²) >= 11 is 0. The molecule has 0 radical (unpaired) electrons. The molecule has 0 atom stereocenters. The number of imide groups is 1. The van der Waals surface area contributed by atoms with Crippen molar-refractivity contribution in [3.05, 3.63) is 0 Å².